The van der Waals surface area contributed by atoms with Gasteiger partial charge in [0.2, 0.25) is 0 Å². The van der Waals surface area contributed by atoms with Crippen LogP contribution in [0, 0.1) is 5.92 Å². The largest absolute Gasteiger partial charge is 0.481 e. The number of carbonyl (C=O) groups excluding carboxylic acids is 1. The summed E-state index contributed by atoms with van der Waals surface area (Å²) in [6, 6.07) is -0.0424. The summed E-state index contributed by atoms with van der Waals surface area (Å²) in [5, 5.41) is 8.98. The van der Waals surface area contributed by atoms with E-state index < -0.39 is 11.9 Å². The fraction of sp³-hybridized carbons (Fsp3) is 0.818. The number of aliphatic carboxylic acids is 1. The average Bonchev–Trinajstić information content (AvgIpc) is 2.39. The molecule has 2 saturated heterocycles. The highest BCUT2D eigenvalue weighted by Gasteiger charge is 2.30. The third kappa shape index (κ3) is 2.88. The Bertz CT molecular complexity index is 302. The van der Waals surface area contributed by atoms with Crippen molar-refractivity contribution in [2.45, 2.75) is 12.8 Å². The minimum Gasteiger partial charge on any atom is -0.481 e. The minimum absolute atomic E-state index is 0.0424. The number of amides is 2. The van der Waals surface area contributed by atoms with Crippen molar-refractivity contribution >= 4 is 12.0 Å². The number of nitrogens with zero attached hydrogens (tertiary/aromatic N) is 2. The SMILES string of the molecule is O=C(O)[C@H]1CCCN(C(=O)N2CCOCC2)C1. The molecule has 2 heterocycles. The molecule has 2 rings (SSSR count). The van der Waals surface area contributed by atoms with Crippen LogP contribution in [0.25, 0.3) is 0 Å². The van der Waals surface area contributed by atoms with Gasteiger partial charge in [-0.25, -0.2) is 4.79 Å². The van der Waals surface area contributed by atoms with Gasteiger partial charge in [-0.3, -0.25) is 4.79 Å². The van der Waals surface area contributed by atoms with Crippen LogP contribution >= 0.6 is 0 Å². The van der Waals surface area contributed by atoms with E-state index in [0.717, 1.165) is 6.42 Å². The maximum absolute atomic E-state index is 12.1. The molecule has 2 aliphatic heterocycles. The highest BCUT2D eigenvalue weighted by Crippen LogP contribution is 2.18. The van der Waals surface area contributed by atoms with E-state index in [1.54, 1.807) is 9.80 Å². The zero-order valence-corrected chi connectivity index (χ0v) is 9.80. The molecule has 96 valence electrons. The normalized spacial score (nSPS) is 25.8. The molecule has 2 amide bonds. The second-order valence-electron chi connectivity index (χ2n) is 4.51. The van der Waals surface area contributed by atoms with Crippen LogP contribution in [0.1, 0.15) is 12.8 Å². The molecule has 0 aliphatic carbocycles. The summed E-state index contributed by atoms with van der Waals surface area (Å²) in [7, 11) is 0. The Kier molecular flexibility index (Phi) is 3.83. The van der Waals surface area contributed by atoms with Crippen molar-refractivity contribution in [1.82, 2.24) is 9.80 Å². The average molecular weight is 242 g/mol. The molecular weight excluding hydrogens is 224 g/mol. The van der Waals surface area contributed by atoms with Crippen LogP contribution in [-0.4, -0.2) is 66.3 Å². The molecule has 1 atom stereocenters. The first-order chi connectivity index (χ1) is 8.18. The van der Waals surface area contributed by atoms with Crippen LogP contribution in [0.4, 0.5) is 4.79 Å². The van der Waals surface area contributed by atoms with Crippen LogP contribution in [-0.2, 0) is 9.53 Å². The Morgan fingerprint density at radius 1 is 1.12 bits per heavy atom. The van der Waals surface area contributed by atoms with Crippen molar-refractivity contribution in [1.29, 1.82) is 0 Å². The molecule has 17 heavy (non-hydrogen) atoms. The minimum atomic E-state index is -0.801. The molecule has 0 saturated carbocycles. The van der Waals surface area contributed by atoms with E-state index in [1.165, 1.54) is 0 Å². The number of carboxylic acid groups (broad SMARTS) is 1. The molecular formula is C11H18N2O4. The maximum Gasteiger partial charge on any atom is 0.320 e. The van der Waals surface area contributed by atoms with Crippen LogP contribution in [0.5, 0.6) is 0 Å². The lowest BCUT2D eigenvalue weighted by Crippen LogP contribution is -2.51. The standard InChI is InChI=1S/C11H18N2O4/c14-10(15)9-2-1-3-13(8-9)11(16)12-4-6-17-7-5-12/h9H,1-8H2,(H,14,15)/t9-/m0/s1. The number of morpholine rings is 1. The summed E-state index contributed by atoms with van der Waals surface area (Å²) < 4.78 is 5.19. The Morgan fingerprint density at radius 2 is 1.82 bits per heavy atom. The quantitative estimate of drug-likeness (QED) is 0.715. The number of hydrogen-bond donors (Lipinski definition) is 1. The van der Waals surface area contributed by atoms with Gasteiger partial charge in [0.25, 0.3) is 0 Å². The van der Waals surface area contributed by atoms with Crippen molar-refractivity contribution in [2.75, 3.05) is 39.4 Å². The predicted octanol–water partition coefficient (Wildman–Crippen LogP) is 0.235. The number of likely N-dealkylation sites (tertiary alicyclic amines) is 1. The Morgan fingerprint density at radius 3 is 2.47 bits per heavy atom. The fourth-order valence-corrected chi connectivity index (χ4v) is 2.31. The molecule has 0 aromatic rings. The maximum atomic E-state index is 12.1. The first-order valence-corrected chi connectivity index (χ1v) is 6.03. The first-order valence-electron chi connectivity index (χ1n) is 6.03. The number of piperidine rings is 1. The molecule has 2 fully saturated rings. The van der Waals surface area contributed by atoms with E-state index in [-0.39, 0.29) is 6.03 Å². The summed E-state index contributed by atoms with van der Waals surface area (Å²) >= 11 is 0. The monoisotopic (exact) mass is 242 g/mol. The van der Waals surface area contributed by atoms with Crippen molar-refractivity contribution < 1.29 is 19.4 Å². The Balaban J connectivity index is 1.91. The molecule has 0 aromatic carbocycles. The predicted molar refractivity (Wildman–Crippen MR) is 59.7 cm³/mol. The van der Waals surface area contributed by atoms with Gasteiger partial charge in [0.05, 0.1) is 19.1 Å². The second-order valence-corrected chi connectivity index (χ2v) is 4.51. The van der Waals surface area contributed by atoms with E-state index in [1.807, 2.05) is 0 Å². The molecule has 6 heteroatoms. The number of hydrogen-bond acceptors (Lipinski definition) is 3. The number of ether oxygens (including phenoxy) is 1. The molecule has 0 radical (unpaired) electrons. The molecule has 2 aliphatic rings. The Labute approximate surface area is 100 Å². The lowest BCUT2D eigenvalue weighted by Gasteiger charge is -2.36. The summed E-state index contributed by atoms with van der Waals surface area (Å²) in [5.74, 6) is -1.21. The topological polar surface area (TPSA) is 70.1 Å². The molecule has 0 bridgehead atoms. The second kappa shape index (κ2) is 5.35. The summed E-state index contributed by atoms with van der Waals surface area (Å²) in [4.78, 5) is 26.5. The summed E-state index contributed by atoms with van der Waals surface area (Å²) in [6.45, 7) is 3.36. The van der Waals surface area contributed by atoms with Gasteiger partial charge in [0, 0.05) is 26.2 Å². The van der Waals surface area contributed by atoms with Gasteiger partial charge in [0.1, 0.15) is 0 Å². The molecule has 6 nitrogen and oxygen atoms in total. The number of carbonyl (C=O) groups is 2. The highest BCUT2D eigenvalue weighted by molar-refractivity contribution is 5.76. The van der Waals surface area contributed by atoms with E-state index in [0.29, 0.717) is 45.8 Å². The zero-order chi connectivity index (χ0) is 12.3. The lowest BCUT2D eigenvalue weighted by atomic mass is 9.98. The highest BCUT2D eigenvalue weighted by atomic mass is 16.5. The van der Waals surface area contributed by atoms with Crippen LogP contribution in [0.2, 0.25) is 0 Å². The third-order valence-corrected chi connectivity index (χ3v) is 3.32. The molecule has 0 aromatic heterocycles. The first kappa shape index (κ1) is 12.2. The van der Waals surface area contributed by atoms with Gasteiger partial charge in [-0.1, -0.05) is 0 Å². The summed E-state index contributed by atoms with van der Waals surface area (Å²) in [5.41, 5.74) is 0. The van der Waals surface area contributed by atoms with E-state index in [4.69, 9.17) is 9.84 Å². The van der Waals surface area contributed by atoms with Crippen molar-refractivity contribution in [2.24, 2.45) is 5.92 Å². The fourth-order valence-electron chi connectivity index (χ4n) is 2.31. The van der Waals surface area contributed by atoms with Gasteiger partial charge in [-0.2, -0.15) is 0 Å². The van der Waals surface area contributed by atoms with E-state index >= 15 is 0 Å². The molecule has 1 N–H and O–H groups in total. The van der Waals surface area contributed by atoms with Crippen molar-refractivity contribution in [3.8, 4) is 0 Å². The van der Waals surface area contributed by atoms with Gasteiger partial charge in [-0.05, 0) is 12.8 Å². The lowest BCUT2D eigenvalue weighted by molar-refractivity contribution is -0.143. The molecule has 0 unspecified atom stereocenters. The van der Waals surface area contributed by atoms with Gasteiger partial charge in [-0.15, -0.1) is 0 Å². The van der Waals surface area contributed by atoms with Crippen molar-refractivity contribution in [3.63, 3.8) is 0 Å². The van der Waals surface area contributed by atoms with E-state index in [2.05, 4.69) is 0 Å². The molecule has 0 spiro atoms. The number of carboxylic acids is 1. The van der Waals surface area contributed by atoms with Crippen molar-refractivity contribution in [3.05, 3.63) is 0 Å². The van der Waals surface area contributed by atoms with Gasteiger partial charge < -0.3 is 19.6 Å². The third-order valence-electron chi connectivity index (χ3n) is 3.32. The van der Waals surface area contributed by atoms with E-state index in [9.17, 15) is 9.59 Å². The zero-order valence-electron chi connectivity index (χ0n) is 9.80. The van der Waals surface area contributed by atoms with Crippen LogP contribution in [0.3, 0.4) is 0 Å². The van der Waals surface area contributed by atoms with Gasteiger partial charge >= 0.3 is 12.0 Å². The van der Waals surface area contributed by atoms with Gasteiger partial charge in [0.15, 0.2) is 0 Å². The number of rotatable bonds is 1. The number of urea groups is 1. The smallest absolute Gasteiger partial charge is 0.320 e. The van der Waals surface area contributed by atoms with Crippen LogP contribution in [0.15, 0.2) is 0 Å². The Hall–Kier alpha value is -1.30. The van der Waals surface area contributed by atoms with Crippen LogP contribution < -0.4 is 0 Å². The summed E-state index contributed by atoms with van der Waals surface area (Å²) in [6.07, 6.45) is 1.44.